The van der Waals surface area contributed by atoms with Crippen molar-refractivity contribution in [3.05, 3.63) is 24.2 Å². The van der Waals surface area contributed by atoms with Gasteiger partial charge in [-0.1, -0.05) is 0 Å². The molecular formula is C8H7N3O2. The first-order valence-corrected chi connectivity index (χ1v) is 3.71. The van der Waals surface area contributed by atoms with Crippen LogP contribution < -0.4 is 0 Å². The summed E-state index contributed by atoms with van der Waals surface area (Å²) in [6, 6.07) is 3.45. The maximum absolute atomic E-state index is 10.7. The second kappa shape index (κ2) is 2.55. The van der Waals surface area contributed by atoms with E-state index in [0.717, 1.165) is 0 Å². The molecule has 2 aromatic heterocycles. The van der Waals surface area contributed by atoms with E-state index >= 15 is 0 Å². The molecule has 2 rings (SSSR count). The number of pyridine rings is 1. The van der Waals surface area contributed by atoms with Crippen molar-refractivity contribution in [3.8, 4) is 0 Å². The van der Waals surface area contributed by atoms with Crippen LogP contribution in [-0.2, 0) is 7.05 Å². The quantitative estimate of drug-likeness (QED) is 0.695. The molecular weight excluding hydrogens is 170 g/mol. The van der Waals surface area contributed by atoms with E-state index in [0.29, 0.717) is 11.2 Å². The van der Waals surface area contributed by atoms with Gasteiger partial charge in [0, 0.05) is 13.2 Å². The van der Waals surface area contributed by atoms with Crippen LogP contribution in [-0.4, -0.2) is 25.6 Å². The van der Waals surface area contributed by atoms with Gasteiger partial charge >= 0.3 is 5.97 Å². The summed E-state index contributed by atoms with van der Waals surface area (Å²) in [6.45, 7) is 0. The first kappa shape index (κ1) is 7.72. The molecule has 5 heteroatoms. The molecule has 13 heavy (non-hydrogen) atoms. The van der Waals surface area contributed by atoms with E-state index in [2.05, 4.69) is 9.97 Å². The van der Waals surface area contributed by atoms with Crippen molar-refractivity contribution in [1.82, 2.24) is 14.5 Å². The highest BCUT2D eigenvalue weighted by Crippen LogP contribution is 2.10. The van der Waals surface area contributed by atoms with Crippen molar-refractivity contribution in [2.75, 3.05) is 0 Å². The third-order valence-corrected chi connectivity index (χ3v) is 1.82. The van der Waals surface area contributed by atoms with Gasteiger partial charge in [0.05, 0.1) is 0 Å². The molecule has 66 valence electrons. The van der Waals surface area contributed by atoms with Crippen LogP contribution in [0, 0.1) is 0 Å². The number of hydrogen-bond acceptors (Lipinski definition) is 3. The Balaban J connectivity index is 2.81. The average molecular weight is 177 g/mol. The van der Waals surface area contributed by atoms with Gasteiger partial charge in [0.25, 0.3) is 0 Å². The molecule has 0 spiro atoms. The highest BCUT2D eigenvalue weighted by Gasteiger charge is 2.13. The minimum atomic E-state index is -1.04. The number of rotatable bonds is 1. The van der Waals surface area contributed by atoms with E-state index in [4.69, 9.17) is 5.11 Å². The predicted molar refractivity (Wildman–Crippen MR) is 45.5 cm³/mol. The molecule has 0 aromatic carbocycles. The molecule has 0 atom stereocenters. The summed E-state index contributed by atoms with van der Waals surface area (Å²) in [6.07, 6.45) is 1.61. The van der Waals surface area contributed by atoms with Gasteiger partial charge in [0.1, 0.15) is 5.52 Å². The molecule has 0 fully saturated rings. The number of aromatic carboxylic acids is 1. The smallest absolute Gasteiger partial charge is 0.372 e. The van der Waals surface area contributed by atoms with E-state index < -0.39 is 5.97 Å². The Kier molecular flexibility index (Phi) is 1.51. The maximum Gasteiger partial charge on any atom is 0.372 e. The lowest BCUT2D eigenvalue weighted by Crippen LogP contribution is -2.05. The third-order valence-electron chi connectivity index (χ3n) is 1.82. The number of imidazole rings is 1. The fraction of sp³-hybridized carbons (Fsp3) is 0.125. The first-order chi connectivity index (χ1) is 6.20. The molecule has 0 saturated carbocycles. The summed E-state index contributed by atoms with van der Waals surface area (Å²) < 4.78 is 1.46. The van der Waals surface area contributed by atoms with Crippen molar-refractivity contribution in [1.29, 1.82) is 0 Å². The summed E-state index contributed by atoms with van der Waals surface area (Å²) in [4.78, 5) is 18.6. The number of aryl methyl sites for hydroxylation is 1. The van der Waals surface area contributed by atoms with Gasteiger partial charge in [-0.3, -0.25) is 0 Å². The van der Waals surface area contributed by atoms with Crippen molar-refractivity contribution >= 4 is 17.1 Å². The SMILES string of the molecule is Cn1c(C(=O)O)nc2cccnc21. The van der Waals surface area contributed by atoms with Crippen LogP contribution in [0.1, 0.15) is 10.6 Å². The summed E-state index contributed by atoms with van der Waals surface area (Å²) in [5, 5.41) is 8.76. The van der Waals surface area contributed by atoms with Crippen LogP contribution in [0.5, 0.6) is 0 Å². The number of nitrogens with zero attached hydrogens (tertiary/aromatic N) is 3. The zero-order valence-electron chi connectivity index (χ0n) is 6.93. The normalized spacial score (nSPS) is 10.5. The molecule has 2 heterocycles. The maximum atomic E-state index is 10.7. The summed E-state index contributed by atoms with van der Waals surface area (Å²) in [5.41, 5.74) is 1.18. The zero-order valence-corrected chi connectivity index (χ0v) is 6.93. The van der Waals surface area contributed by atoms with Gasteiger partial charge in [0.2, 0.25) is 5.82 Å². The lowest BCUT2D eigenvalue weighted by Gasteiger charge is -1.94. The van der Waals surface area contributed by atoms with E-state index in [-0.39, 0.29) is 5.82 Å². The Morgan fingerprint density at radius 3 is 3.00 bits per heavy atom. The Bertz CT molecular complexity index is 475. The summed E-state index contributed by atoms with van der Waals surface area (Å²) in [5.74, 6) is -1.03. The first-order valence-electron chi connectivity index (χ1n) is 3.71. The molecule has 0 amide bonds. The van der Waals surface area contributed by atoms with Crippen LogP contribution in [0.15, 0.2) is 18.3 Å². The van der Waals surface area contributed by atoms with Crippen LogP contribution >= 0.6 is 0 Å². The predicted octanol–water partition coefficient (Wildman–Crippen LogP) is 0.666. The van der Waals surface area contributed by atoms with E-state index in [1.807, 2.05) is 0 Å². The molecule has 5 nitrogen and oxygen atoms in total. The summed E-state index contributed by atoms with van der Waals surface area (Å²) >= 11 is 0. The molecule has 0 aliphatic rings. The second-order valence-electron chi connectivity index (χ2n) is 2.65. The topological polar surface area (TPSA) is 68.0 Å². The van der Waals surface area contributed by atoms with Crippen LogP contribution in [0.2, 0.25) is 0 Å². The largest absolute Gasteiger partial charge is 0.475 e. The minimum Gasteiger partial charge on any atom is -0.475 e. The highest BCUT2D eigenvalue weighted by atomic mass is 16.4. The number of aromatic nitrogens is 3. The van der Waals surface area contributed by atoms with Gasteiger partial charge < -0.3 is 9.67 Å². The molecule has 0 bridgehead atoms. The standard InChI is InChI=1S/C8H7N3O2/c1-11-6-5(3-2-4-9-6)10-7(11)8(12)13/h2-4H,1H3,(H,12,13). The molecule has 0 saturated heterocycles. The van der Waals surface area contributed by atoms with E-state index in [1.54, 1.807) is 25.4 Å². The Morgan fingerprint density at radius 2 is 2.38 bits per heavy atom. The van der Waals surface area contributed by atoms with Gasteiger partial charge in [-0.25, -0.2) is 14.8 Å². The fourth-order valence-electron chi connectivity index (χ4n) is 1.21. The van der Waals surface area contributed by atoms with Crippen molar-refractivity contribution in [2.45, 2.75) is 0 Å². The third kappa shape index (κ3) is 1.05. The van der Waals surface area contributed by atoms with E-state index in [9.17, 15) is 4.79 Å². The number of carboxylic acids is 1. The van der Waals surface area contributed by atoms with Crippen molar-refractivity contribution < 1.29 is 9.90 Å². The van der Waals surface area contributed by atoms with Crippen LogP contribution in [0.3, 0.4) is 0 Å². The summed E-state index contributed by atoms with van der Waals surface area (Å²) in [7, 11) is 1.63. The minimum absolute atomic E-state index is 0.00806. The van der Waals surface area contributed by atoms with Crippen LogP contribution in [0.25, 0.3) is 11.2 Å². The average Bonchev–Trinajstić information content (AvgIpc) is 2.45. The Hall–Kier alpha value is -1.91. The fourth-order valence-corrected chi connectivity index (χ4v) is 1.21. The molecule has 0 aliphatic heterocycles. The van der Waals surface area contributed by atoms with Gasteiger partial charge in [-0.15, -0.1) is 0 Å². The number of carboxylic acid groups (broad SMARTS) is 1. The van der Waals surface area contributed by atoms with Crippen molar-refractivity contribution in [2.24, 2.45) is 7.05 Å². The lowest BCUT2D eigenvalue weighted by atomic mass is 10.4. The van der Waals surface area contributed by atoms with E-state index in [1.165, 1.54) is 4.57 Å². The van der Waals surface area contributed by atoms with Crippen molar-refractivity contribution in [3.63, 3.8) is 0 Å². The highest BCUT2D eigenvalue weighted by molar-refractivity contribution is 5.88. The number of hydrogen-bond donors (Lipinski definition) is 1. The molecule has 0 radical (unpaired) electrons. The molecule has 2 aromatic rings. The number of fused-ring (bicyclic) bond motifs is 1. The Labute approximate surface area is 73.7 Å². The lowest BCUT2D eigenvalue weighted by molar-refractivity contribution is 0.0680. The number of carbonyl (C=O) groups is 1. The zero-order chi connectivity index (χ0) is 9.42. The Morgan fingerprint density at radius 1 is 1.62 bits per heavy atom. The van der Waals surface area contributed by atoms with Gasteiger partial charge in [0.15, 0.2) is 5.65 Å². The molecule has 1 N–H and O–H groups in total. The van der Waals surface area contributed by atoms with Gasteiger partial charge in [-0.05, 0) is 12.1 Å². The van der Waals surface area contributed by atoms with Crippen LogP contribution in [0.4, 0.5) is 0 Å². The second-order valence-corrected chi connectivity index (χ2v) is 2.65. The van der Waals surface area contributed by atoms with Gasteiger partial charge in [-0.2, -0.15) is 0 Å². The monoisotopic (exact) mass is 177 g/mol. The molecule has 0 aliphatic carbocycles. The molecule has 0 unspecified atom stereocenters.